The minimum absolute atomic E-state index is 0. The first-order valence-electron chi connectivity index (χ1n) is 38.6. The van der Waals surface area contributed by atoms with Crippen molar-refractivity contribution in [3.8, 4) is 0 Å². The molecule has 0 bridgehead atoms. The summed E-state index contributed by atoms with van der Waals surface area (Å²) in [6, 6.07) is 0. The molecule has 13 heteroatoms. The number of hydrogen-bond donors (Lipinski definition) is 4. The van der Waals surface area contributed by atoms with E-state index >= 15 is 0 Å². The second-order valence-corrected chi connectivity index (χ2v) is 26.4. The molecule has 0 saturated carbocycles. The molecule has 0 rings (SSSR count). The largest absolute Gasteiger partial charge is 4.00 e. The van der Waals surface area contributed by atoms with Crippen molar-refractivity contribution in [3.05, 3.63) is 0 Å². The molecule has 0 aromatic carbocycles. The second-order valence-electron chi connectivity index (χ2n) is 26.4. The van der Waals surface area contributed by atoms with Crippen LogP contribution in [0.4, 0.5) is 0 Å². The number of carbonyl (C=O) groups excluding carboxylic acids is 4. The molecule has 0 aromatic heterocycles. The predicted molar refractivity (Wildman–Crippen MR) is 369 cm³/mol. The zero-order valence-corrected chi connectivity index (χ0v) is 62.6. The molecule has 0 amide bonds. The van der Waals surface area contributed by atoms with Gasteiger partial charge in [0.15, 0.2) is 0 Å². The van der Waals surface area contributed by atoms with Gasteiger partial charge in [0.1, 0.15) is 0 Å². The van der Waals surface area contributed by atoms with E-state index in [2.05, 4.69) is 27.7 Å². The molecule has 0 aliphatic carbocycles. The van der Waals surface area contributed by atoms with Crippen LogP contribution in [-0.2, 0) is 45.4 Å². The second kappa shape index (κ2) is 91.8. The van der Waals surface area contributed by atoms with Crippen molar-refractivity contribution < 1.29 is 86.2 Å². The summed E-state index contributed by atoms with van der Waals surface area (Å²) in [5.41, 5.74) is -1.11. The van der Waals surface area contributed by atoms with Crippen LogP contribution < -0.4 is 20.4 Å². The van der Waals surface area contributed by atoms with Crippen molar-refractivity contribution in [2.45, 2.75) is 439 Å². The van der Waals surface area contributed by atoms with Gasteiger partial charge < -0.3 is 60.0 Å². The van der Waals surface area contributed by atoms with Crippen LogP contribution in [0.1, 0.15) is 439 Å². The Morgan fingerprint density at radius 3 is 0.356 bits per heavy atom. The first kappa shape index (κ1) is 99.7. The quantitative estimate of drug-likeness (QED) is 0.0416. The minimum Gasteiger partial charge on any atom is -0.550 e. The summed E-state index contributed by atoms with van der Waals surface area (Å²) in [4.78, 5) is 40.9. The summed E-state index contributed by atoms with van der Waals surface area (Å²) in [6.45, 7) is 7.44. The van der Waals surface area contributed by atoms with Crippen LogP contribution in [-0.4, -0.2) is 70.7 Å². The Labute approximate surface area is 577 Å². The predicted octanol–water partition coefficient (Wildman–Crippen LogP) is 17.9. The molecule has 0 aliphatic heterocycles. The Morgan fingerprint density at radius 2 is 0.289 bits per heavy atom. The molecule has 0 unspecified atom stereocenters. The molecular weight excluding hydrogens is 1210 g/mol. The average Bonchev–Trinajstić information content (AvgIpc) is 3.34. The average molecular weight is 1360 g/mol. The standard InChI is InChI=1S/4C18H36O2.C5H12O4.Zr/c4*1-2-3-4-5-6-7-8-9-10-11-12-13-14-15-16-17-18(19)20;6-1-5(2-7,3-8)4-9;/h4*2-17H2,1H3,(H,19,20);6-9H,1-4H2;/q;;;;;+4/p-4. The number of aliphatic carboxylic acids is 4. The number of carbonyl (C=O) groups is 4. The van der Waals surface area contributed by atoms with E-state index in [0.29, 0.717) is 0 Å². The normalized spacial score (nSPS) is 10.8. The van der Waals surface area contributed by atoms with E-state index in [1.165, 1.54) is 334 Å². The van der Waals surface area contributed by atoms with E-state index in [1.54, 1.807) is 0 Å². The molecule has 0 saturated heterocycles. The fourth-order valence-corrected chi connectivity index (χ4v) is 10.9. The SMILES string of the molecule is CCCCCCCCCCCCCCCCCC(=O)[O-].CCCCCCCCCCCCCCCCCC(=O)[O-].CCCCCCCCCCCCCCCCCC(=O)[O-].CCCCCCCCCCCCCCCCCC(=O)[O-].OCC(CO)(CO)CO.[Zr+4]. The van der Waals surface area contributed by atoms with Crippen molar-refractivity contribution in [2.24, 2.45) is 5.41 Å². The van der Waals surface area contributed by atoms with Crippen LogP contribution in [0.2, 0.25) is 0 Å². The van der Waals surface area contributed by atoms with Crippen molar-refractivity contribution >= 4 is 23.9 Å². The van der Waals surface area contributed by atoms with Crippen LogP contribution in [0.5, 0.6) is 0 Å². The molecular formula is C77H152O12Zr. The van der Waals surface area contributed by atoms with E-state index < -0.39 is 55.7 Å². The molecule has 90 heavy (non-hydrogen) atoms. The molecule has 0 heterocycles. The van der Waals surface area contributed by atoms with E-state index in [9.17, 15) is 39.6 Å². The van der Waals surface area contributed by atoms with Crippen LogP contribution in [0.15, 0.2) is 0 Å². The molecule has 536 valence electrons. The third-order valence-electron chi connectivity index (χ3n) is 17.3. The summed E-state index contributed by atoms with van der Waals surface area (Å²) in [6.07, 6.45) is 79.4. The fraction of sp³-hybridized carbons (Fsp3) is 0.948. The monoisotopic (exact) mass is 1360 g/mol. The third kappa shape index (κ3) is 103. The molecule has 0 spiro atoms. The summed E-state index contributed by atoms with van der Waals surface area (Å²) in [5.74, 6) is -3.61. The Bertz CT molecular complexity index is 1140. The first-order valence-corrected chi connectivity index (χ1v) is 38.6. The van der Waals surface area contributed by atoms with Crippen molar-refractivity contribution in [2.75, 3.05) is 26.4 Å². The van der Waals surface area contributed by atoms with Gasteiger partial charge in [-0.25, -0.2) is 0 Å². The summed E-state index contributed by atoms with van der Waals surface area (Å²) < 4.78 is 0. The van der Waals surface area contributed by atoms with Crippen LogP contribution >= 0.6 is 0 Å². The van der Waals surface area contributed by atoms with Crippen molar-refractivity contribution in [3.63, 3.8) is 0 Å². The number of unbranched alkanes of at least 4 members (excludes halogenated alkanes) is 56. The van der Waals surface area contributed by atoms with Crippen LogP contribution in [0, 0.1) is 5.41 Å². The maximum atomic E-state index is 10.2. The third-order valence-corrected chi connectivity index (χ3v) is 17.3. The van der Waals surface area contributed by atoms with Gasteiger partial charge in [-0.05, 0) is 51.4 Å². The molecule has 0 radical (unpaired) electrons. The van der Waals surface area contributed by atoms with Crippen LogP contribution in [0.25, 0.3) is 0 Å². The van der Waals surface area contributed by atoms with Gasteiger partial charge in [-0.15, -0.1) is 0 Å². The Kier molecular flexibility index (Phi) is 102. The molecule has 4 N–H and O–H groups in total. The Morgan fingerprint density at radius 1 is 0.200 bits per heavy atom. The number of aliphatic hydroxyl groups excluding tert-OH is 4. The van der Waals surface area contributed by atoms with Crippen molar-refractivity contribution in [1.82, 2.24) is 0 Å². The fourth-order valence-electron chi connectivity index (χ4n) is 10.9. The number of hydrogen-bond acceptors (Lipinski definition) is 12. The van der Waals surface area contributed by atoms with Gasteiger partial charge in [0, 0.05) is 23.9 Å². The van der Waals surface area contributed by atoms with Gasteiger partial charge in [0.25, 0.3) is 0 Å². The molecule has 12 nitrogen and oxygen atoms in total. The summed E-state index contributed by atoms with van der Waals surface area (Å²) in [7, 11) is 0. The first-order chi connectivity index (χ1) is 43.3. The number of carboxylic acid groups (broad SMARTS) is 4. The van der Waals surface area contributed by atoms with Gasteiger partial charge in [-0.2, -0.15) is 0 Å². The van der Waals surface area contributed by atoms with Gasteiger partial charge in [-0.3, -0.25) is 0 Å². The van der Waals surface area contributed by atoms with Gasteiger partial charge in [0.05, 0.1) is 31.8 Å². The van der Waals surface area contributed by atoms with Crippen molar-refractivity contribution in [1.29, 1.82) is 0 Å². The summed E-state index contributed by atoms with van der Waals surface area (Å²) in [5, 5.41) is 74.9. The van der Waals surface area contributed by atoms with Gasteiger partial charge >= 0.3 is 26.2 Å². The van der Waals surface area contributed by atoms with Crippen LogP contribution in [0.3, 0.4) is 0 Å². The Balaban J connectivity index is -0.000000249. The van der Waals surface area contributed by atoms with Gasteiger partial charge in [-0.1, -0.05) is 387 Å². The molecule has 0 fully saturated rings. The number of aliphatic hydroxyl groups is 4. The molecule has 0 atom stereocenters. The van der Waals surface area contributed by atoms with Gasteiger partial charge in [0.2, 0.25) is 0 Å². The topological polar surface area (TPSA) is 241 Å². The van der Waals surface area contributed by atoms with E-state index in [1.807, 2.05) is 0 Å². The minimum atomic E-state index is -1.11. The zero-order chi connectivity index (χ0) is 66.9. The van der Waals surface area contributed by atoms with E-state index in [0.717, 1.165) is 51.4 Å². The smallest absolute Gasteiger partial charge is 0.550 e. The number of carboxylic acids is 4. The molecule has 0 aliphatic rings. The van der Waals surface area contributed by atoms with E-state index in [-0.39, 0.29) is 51.9 Å². The molecule has 0 aromatic rings. The zero-order valence-electron chi connectivity index (χ0n) is 60.1. The van der Waals surface area contributed by atoms with E-state index in [4.69, 9.17) is 20.4 Å². The number of rotatable bonds is 68. The Hall–Kier alpha value is -1.40. The maximum absolute atomic E-state index is 10.2. The maximum Gasteiger partial charge on any atom is 4.00 e. The summed E-state index contributed by atoms with van der Waals surface area (Å²) >= 11 is 0.